The summed E-state index contributed by atoms with van der Waals surface area (Å²) in [5, 5.41) is 13.6. The van der Waals surface area contributed by atoms with E-state index < -0.39 is 0 Å². The molecule has 0 aliphatic heterocycles. The van der Waals surface area contributed by atoms with Crippen molar-refractivity contribution in [3.63, 3.8) is 0 Å². The quantitative estimate of drug-likeness (QED) is 0.771. The van der Waals surface area contributed by atoms with Gasteiger partial charge in [-0.3, -0.25) is 0 Å². The van der Waals surface area contributed by atoms with Gasteiger partial charge in [-0.25, -0.2) is 0 Å². The lowest BCUT2D eigenvalue weighted by Gasteiger charge is -2.05. The predicted molar refractivity (Wildman–Crippen MR) is 62.1 cm³/mol. The first kappa shape index (κ1) is 12.5. The van der Waals surface area contributed by atoms with Crippen LogP contribution in [0.5, 0.6) is 0 Å². The van der Waals surface area contributed by atoms with Gasteiger partial charge in [-0.1, -0.05) is 25.2 Å². The number of hydrogen-bond acceptors (Lipinski definition) is 5. The van der Waals surface area contributed by atoms with Crippen molar-refractivity contribution >= 4 is 11.3 Å². The van der Waals surface area contributed by atoms with Crippen molar-refractivity contribution in [1.82, 2.24) is 15.5 Å². The van der Waals surface area contributed by atoms with Gasteiger partial charge in [0, 0.05) is 25.6 Å². The molecule has 15 heavy (non-hydrogen) atoms. The fourth-order valence-electron chi connectivity index (χ4n) is 1.10. The van der Waals surface area contributed by atoms with E-state index in [1.807, 2.05) is 6.92 Å². The van der Waals surface area contributed by atoms with Gasteiger partial charge in [-0.15, -0.1) is 10.2 Å². The molecule has 0 aliphatic carbocycles. The number of hydrogen-bond donors (Lipinski definition) is 1. The molecule has 0 amide bonds. The summed E-state index contributed by atoms with van der Waals surface area (Å²) >= 11 is 1.64. The Hall–Kier alpha value is -0.520. The molecule has 1 heterocycles. The first-order chi connectivity index (χ1) is 7.22. The van der Waals surface area contributed by atoms with Gasteiger partial charge in [0.25, 0.3) is 0 Å². The van der Waals surface area contributed by atoms with Crippen molar-refractivity contribution < 1.29 is 4.74 Å². The minimum Gasteiger partial charge on any atom is -0.374 e. The van der Waals surface area contributed by atoms with Gasteiger partial charge < -0.3 is 10.1 Å². The molecule has 1 aromatic heterocycles. The van der Waals surface area contributed by atoms with Gasteiger partial charge in [-0.2, -0.15) is 0 Å². The Bertz CT molecular complexity index is 275. The smallest absolute Gasteiger partial charge is 0.143 e. The van der Waals surface area contributed by atoms with E-state index in [-0.39, 0.29) is 0 Å². The molecule has 0 aromatic carbocycles. The third-order valence-electron chi connectivity index (χ3n) is 1.83. The van der Waals surface area contributed by atoms with Crippen LogP contribution in [0, 0.1) is 0 Å². The molecule has 1 rings (SSSR count). The highest BCUT2D eigenvalue weighted by Crippen LogP contribution is 2.10. The zero-order valence-corrected chi connectivity index (χ0v) is 10.4. The van der Waals surface area contributed by atoms with Crippen LogP contribution in [-0.2, 0) is 17.8 Å². The Kier molecular flexibility index (Phi) is 5.75. The summed E-state index contributed by atoms with van der Waals surface area (Å²) < 4.78 is 5.27. The maximum Gasteiger partial charge on any atom is 0.143 e. The van der Waals surface area contributed by atoms with Crippen molar-refractivity contribution in [3.8, 4) is 0 Å². The van der Waals surface area contributed by atoms with Crippen LogP contribution in [0.15, 0.2) is 0 Å². The molecule has 1 N–H and O–H groups in total. The maximum absolute atomic E-state index is 5.27. The number of ether oxygens (including phenoxy) is 1. The van der Waals surface area contributed by atoms with Crippen molar-refractivity contribution in [2.24, 2.45) is 0 Å². The van der Waals surface area contributed by atoms with Gasteiger partial charge in [-0.05, 0) is 6.92 Å². The maximum atomic E-state index is 5.27. The lowest BCUT2D eigenvalue weighted by atomic mass is 10.3. The molecule has 0 atom stereocenters. The third-order valence-corrected chi connectivity index (χ3v) is 2.79. The van der Waals surface area contributed by atoms with Crippen molar-refractivity contribution in [2.75, 3.05) is 13.2 Å². The second-order valence-corrected chi connectivity index (χ2v) is 4.73. The zero-order valence-electron chi connectivity index (χ0n) is 9.62. The fraction of sp³-hybridized carbons (Fsp3) is 0.800. The van der Waals surface area contributed by atoms with Gasteiger partial charge in [0.05, 0.1) is 0 Å². The molecule has 5 heteroatoms. The van der Waals surface area contributed by atoms with Gasteiger partial charge >= 0.3 is 0 Å². The van der Waals surface area contributed by atoms with Crippen LogP contribution >= 0.6 is 11.3 Å². The highest BCUT2D eigenvalue weighted by Gasteiger charge is 2.03. The Labute approximate surface area is 95.1 Å². The topological polar surface area (TPSA) is 47.0 Å². The molecule has 0 bridgehead atoms. The molecule has 0 radical (unpaired) electrons. The standard InChI is InChI=1S/C10H19N3OS/c1-4-14-7-10-13-12-9(15-10)5-6-11-8(2)3/h8,11H,4-7H2,1-3H3. The van der Waals surface area contributed by atoms with Crippen LogP contribution in [0.25, 0.3) is 0 Å². The van der Waals surface area contributed by atoms with Gasteiger partial charge in [0.15, 0.2) is 0 Å². The molecule has 0 saturated heterocycles. The van der Waals surface area contributed by atoms with E-state index in [0.29, 0.717) is 12.6 Å². The molecule has 0 aliphatic rings. The Balaban J connectivity index is 2.26. The zero-order chi connectivity index (χ0) is 11.1. The Morgan fingerprint density at radius 1 is 1.33 bits per heavy atom. The monoisotopic (exact) mass is 229 g/mol. The summed E-state index contributed by atoms with van der Waals surface area (Å²) in [6, 6.07) is 0.529. The largest absolute Gasteiger partial charge is 0.374 e. The normalized spacial score (nSPS) is 11.2. The third kappa shape index (κ3) is 5.20. The molecular formula is C10H19N3OS. The SMILES string of the molecule is CCOCc1nnc(CCNC(C)C)s1. The summed E-state index contributed by atoms with van der Waals surface area (Å²) in [6.07, 6.45) is 0.946. The summed E-state index contributed by atoms with van der Waals surface area (Å²) in [5.41, 5.74) is 0. The van der Waals surface area contributed by atoms with Crippen LogP contribution in [0.4, 0.5) is 0 Å². The highest BCUT2D eigenvalue weighted by atomic mass is 32.1. The van der Waals surface area contributed by atoms with Crippen LogP contribution in [0.2, 0.25) is 0 Å². The average Bonchev–Trinajstić information content (AvgIpc) is 2.62. The van der Waals surface area contributed by atoms with E-state index in [2.05, 4.69) is 29.4 Å². The first-order valence-electron chi connectivity index (χ1n) is 5.34. The minimum atomic E-state index is 0.529. The molecule has 4 nitrogen and oxygen atoms in total. The van der Waals surface area contributed by atoms with Crippen LogP contribution in [-0.4, -0.2) is 29.4 Å². The van der Waals surface area contributed by atoms with E-state index >= 15 is 0 Å². The first-order valence-corrected chi connectivity index (χ1v) is 6.16. The van der Waals surface area contributed by atoms with Gasteiger partial charge in [0.1, 0.15) is 16.6 Å². The summed E-state index contributed by atoms with van der Waals surface area (Å²) in [7, 11) is 0. The number of nitrogens with zero attached hydrogens (tertiary/aromatic N) is 2. The molecule has 0 fully saturated rings. The lowest BCUT2D eigenvalue weighted by Crippen LogP contribution is -2.24. The van der Waals surface area contributed by atoms with E-state index in [1.54, 1.807) is 11.3 Å². The highest BCUT2D eigenvalue weighted by molar-refractivity contribution is 7.11. The summed E-state index contributed by atoms with van der Waals surface area (Å²) in [6.45, 7) is 8.53. The Morgan fingerprint density at radius 2 is 2.07 bits per heavy atom. The second-order valence-electron chi connectivity index (χ2n) is 3.59. The molecule has 0 spiro atoms. The van der Waals surface area contributed by atoms with E-state index in [9.17, 15) is 0 Å². The van der Waals surface area contributed by atoms with Crippen molar-refractivity contribution in [3.05, 3.63) is 10.0 Å². The minimum absolute atomic E-state index is 0.529. The van der Waals surface area contributed by atoms with Crippen LogP contribution in [0.1, 0.15) is 30.8 Å². The number of aromatic nitrogens is 2. The fourth-order valence-corrected chi connectivity index (χ4v) is 1.89. The van der Waals surface area contributed by atoms with Gasteiger partial charge in [0.2, 0.25) is 0 Å². The average molecular weight is 229 g/mol. The number of nitrogens with one attached hydrogen (secondary N) is 1. The second kappa shape index (κ2) is 6.87. The van der Waals surface area contributed by atoms with Crippen molar-refractivity contribution in [2.45, 2.75) is 39.8 Å². The Morgan fingerprint density at radius 3 is 2.73 bits per heavy atom. The lowest BCUT2D eigenvalue weighted by molar-refractivity contribution is 0.133. The van der Waals surface area contributed by atoms with E-state index in [1.165, 1.54) is 0 Å². The number of rotatable bonds is 7. The van der Waals surface area contributed by atoms with Crippen molar-refractivity contribution in [1.29, 1.82) is 0 Å². The van der Waals surface area contributed by atoms with Crippen LogP contribution < -0.4 is 5.32 Å². The molecule has 86 valence electrons. The predicted octanol–water partition coefficient (Wildman–Crippen LogP) is 1.62. The van der Waals surface area contributed by atoms with E-state index in [4.69, 9.17) is 4.74 Å². The molecule has 0 unspecified atom stereocenters. The molecule has 1 aromatic rings. The van der Waals surface area contributed by atoms with Crippen LogP contribution in [0.3, 0.4) is 0 Å². The summed E-state index contributed by atoms with van der Waals surface area (Å²) in [5.74, 6) is 0. The molecular weight excluding hydrogens is 210 g/mol. The molecule has 0 saturated carbocycles. The summed E-state index contributed by atoms with van der Waals surface area (Å²) in [4.78, 5) is 0. The van der Waals surface area contributed by atoms with E-state index in [0.717, 1.165) is 29.6 Å².